The van der Waals surface area contributed by atoms with Crippen LogP contribution in [-0.4, -0.2) is 58.9 Å². The largest absolute Gasteiger partial charge is 0.480 e. The van der Waals surface area contributed by atoms with Gasteiger partial charge in [0.2, 0.25) is 5.13 Å². The van der Waals surface area contributed by atoms with E-state index in [0.717, 1.165) is 53.9 Å². The Hall–Kier alpha value is -1.70. The Morgan fingerprint density at radius 3 is 2.81 bits per heavy atom. The minimum absolute atomic E-state index is 0.0920. The van der Waals surface area contributed by atoms with E-state index in [0.29, 0.717) is 6.04 Å². The Bertz CT molecular complexity index is 737. The van der Waals surface area contributed by atoms with E-state index in [1.54, 1.807) is 11.3 Å². The first kappa shape index (κ1) is 19.1. The van der Waals surface area contributed by atoms with Crippen LogP contribution in [-0.2, 0) is 11.2 Å². The molecule has 0 spiro atoms. The molecule has 1 aliphatic rings. The lowest BCUT2D eigenvalue weighted by molar-refractivity contribution is -0.138. The number of carbonyl (C=O) groups is 1. The molecule has 0 aliphatic carbocycles. The Balaban J connectivity index is 1.59. The number of anilines is 1. The second-order valence-electron chi connectivity index (χ2n) is 6.66. The van der Waals surface area contributed by atoms with Crippen LogP contribution in [0.15, 0.2) is 24.3 Å². The van der Waals surface area contributed by atoms with Gasteiger partial charge in [-0.05, 0) is 44.0 Å². The lowest BCUT2D eigenvalue weighted by Gasteiger charge is -2.25. The van der Waals surface area contributed by atoms with Gasteiger partial charge < -0.3 is 10.0 Å². The number of benzene rings is 1. The average molecular weight is 395 g/mol. The predicted molar refractivity (Wildman–Crippen MR) is 104 cm³/mol. The van der Waals surface area contributed by atoms with Crippen molar-refractivity contribution in [1.82, 2.24) is 15.1 Å². The highest BCUT2D eigenvalue weighted by Crippen LogP contribution is 2.26. The fraction of sp³-hybridized carbons (Fsp3) is 0.500. The summed E-state index contributed by atoms with van der Waals surface area (Å²) in [4.78, 5) is 15.1. The van der Waals surface area contributed by atoms with Crippen LogP contribution in [0.25, 0.3) is 0 Å². The molecule has 0 saturated carbocycles. The number of rotatable bonds is 6. The fourth-order valence-corrected chi connectivity index (χ4v) is 4.32. The van der Waals surface area contributed by atoms with Gasteiger partial charge in [-0.3, -0.25) is 9.69 Å². The summed E-state index contributed by atoms with van der Waals surface area (Å²) in [6.07, 6.45) is 3.74. The summed E-state index contributed by atoms with van der Waals surface area (Å²) in [7, 11) is 1.89. The molecule has 26 heavy (non-hydrogen) atoms. The first-order chi connectivity index (χ1) is 12.5. The first-order valence-electron chi connectivity index (χ1n) is 8.75. The molecule has 2 heterocycles. The third kappa shape index (κ3) is 5.16. The van der Waals surface area contributed by atoms with Crippen molar-refractivity contribution in [2.75, 3.05) is 31.6 Å². The number of halogens is 1. The summed E-state index contributed by atoms with van der Waals surface area (Å²) in [5.74, 6) is -0.774. The molecule has 140 valence electrons. The third-order valence-electron chi connectivity index (χ3n) is 4.70. The van der Waals surface area contributed by atoms with Crippen molar-refractivity contribution in [3.8, 4) is 0 Å². The van der Waals surface area contributed by atoms with Crippen LogP contribution in [0, 0.1) is 0 Å². The van der Waals surface area contributed by atoms with Crippen molar-refractivity contribution in [3.05, 3.63) is 39.9 Å². The molecule has 1 aromatic carbocycles. The second-order valence-corrected chi connectivity index (χ2v) is 8.14. The zero-order valence-corrected chi connectivity index (χ0v) is 16.3. The van der Waals surface area contributed by atoms with Crippen LogP contribution < -0.4 is 4.90 Å². The third-order valence-corrected chi connectivity index (χ3v) is 5.94. The fourth-order valence-electron chi connectivity index (χ4n) is 3.27. The molecule has 6 nitrogen and oxygen atoms in total. The Morgan fingerprint density at radius 1 is 1.31 bits per heavy atom. The molecule has 1 aromatic heterocycles. The highest BCUT2D eigenvalue weighted by molar-refractivity contribution is 7.15. The Labute approximate surface area is 162 Å². The van der Waals surface area contributed by atoms with Gasteiger partial charge in [-0.25, -0.2) is 0 Å². The Morgan fingerprint density at radius 2 is 2.08 bits per heavy atom. The standard InChI is InChI=1S/C18H23ClN4O2S/c1-22(12-17(24)25)15-3-2-9-23(10-8-15)18-21-20-16(26-18)11-13-4-6-14(19)7-5-13/h4-7,15H,2-3,8-12H2,1H3,(H,24,25). The van der Waals surface area contributed by atoms with Gasteiger partial charge >= 0.3 is 5.97 Å². The molecular weight excluding hydrogens is 372 g/mol. The number of carboxylic acids is 1. The maximum atomic E-state index is 10.9. The van der Waals surface area contributed by atoms with Crippen molar-refractivity contribution in [2.45, 2.75) is 31.7 Å². The zero-order chi connectivity index (χ0) is 18.5. The van der Waals surface area contributed by atoms with E-state index < -0.39 is 5.97 Å². The molecule has 3 rings (SSSR count). The quantitative estimate of drug-likeness (QED) is 0.811. The van der Waals surface area contributed by atoms with E-state index in [1.165, 1.54) is 5.56 Å². The Kier molecular flexibility index (Phi) is 6.45. The van der Waals surface area contributed by atoms with Gasteiger partial charge in [0.25, 0.3) is 0 Å². The van der Waals surface area contributed by atoms with Gasteiger partial charge in [0, 0.05) is 30.6 Å². The normalized spacial score (nSPS) is 18.1. The van der Waals surface area contributed by atoms with Gasteiger partial charge in [-0.1, -0.05) is 35.1 Å². The highest BCUT2D eigenvalue weighted by atomic mass is 35.5. The highest BCUT2D eigenvalue weighted by Gasteiger charge is 2.23. The minimum atomic E-state index is -0.774. The van der Waals surface area contributed by atoms with E-state index >= 15 is 0 Å². The predicted octanol–water partition coefficient (Wildman–Crippen LogP) is 3.16. The van der Waals surface area contributed by atoms with Crippen LogP contribution in [0.2, 0.25) is 5.02 Å². The van der Waals surface area contributed by atoms with E-state index in [2.05, 4.69) is 15.1 Å². The number of likely N-dealkylation sites (N-methyl/N-ethyl adjacent to an activating group) is 1. The molecule has 0 amide bonds. The summed E-state index contributed by atoms with van der Waals surface area (Å²) >= 11 is 7.56. The van der Waals surface area contributed by atoms with E-state index in [1.807, 2.05) is 36.2 Å². The van der Waals surface area contributed by atoms with E-state index in [9.17, 15) is 4.79 Å². The molecule has 0 radical (unpaired) electrons. The molecule has 1 atom stereocenters. The monoisotopic (exact) mass is 394 g/mol. The lowest BCUT2D eigenvalue weighted by Crippen LogP contribution is -2.36. The lowest BCUT2D eigenvalue weighted by atomic mass is 10.1. The van der Waals surface area contributed by atoms with Crippen LogP contribution in [0.5, 0.6) is 0 Å². The van der Waals surface area contributed by atoms with Crippen molar-refractivity contribution in [1.29, 1.82) is 0 Å². The van der Waals surface area contributed by atoms with Crippen molar-refractivity contribution >= 4 is 34.0 Å². The summed E-state index contributed by atoms with van der Waals surface area (Å²) < 4.78 is 0. The van der Waals surface area contributed by atoms with Gasteiger partial charge in [-0.2, -0.15) is 0 Å². The smallest absolute Gasteiger partial charge is 0.317 e. The van der Waals surface area contributed by atoms with Gasteiger partial charge in [0.05, 0.1) is 6.54 Å². The van der Waals surface area contributed by atoms with Crippen LogP contribution in [0.1, 0.15) is 29.8 Å². The van der Waals surface area contributed by atoms with Crippen LogP contribution in [0.3, 0.4) is 0 Å². The average Bonchev–Trinajstić information content (AvgIpc) is 2.91. The molecule has 1 saturated heterocycles. The second kappa shape index (κ2) is 8.79. The van der Waals surface area contributed by atoms with Crippen LogP contribution >= 0.6 is 22.9 Å². The molecule has 0 bridgehead atoms. The van der Waals surface area contributed by atoms with Gasteiger partial charge in [0.1, 0.15) is 5.01 Å². The summed E-state index contributed by atoms with van der Waals surface area (Å²) in [5.41, 5.74) is 1.17. The molecule has 2 aromatic rings. The van der Waals surface area contributed by atoms with Crippen molar-refractivity contribution in [2.24, 2.45) is 0 Å². The number of carboxylic acid groups (broad SMARTS) is 1. The molecule has 1 fully saturated rings. The van der Waals surface area contributed by atoms with Gasteiger partial charge in [-0.15, -0.1) is 10.2 Å². The maximum Gasteiger partial charge on any atom is 0.317 e. The molecule has 1 N–H and O–H groups in total. The minimum Gasteiger partial charge on any atom is -0.480 e. The van der Waals surface area contributed by atoms with Crippen LogP contribution in [0.4, 0.5) is 5.13 Å². The number of hydrogen-bond donors (Lipinski definition) is 1. The van der Waals surface area contributed by atoms with Crippen molar-refractivity contribution in [3.63, 3.8) is 0 Å². The number of hydrogen-bond acceptors (Lipinski definition) is 6. The molecule has 1 unspecified atom stereocenters. The van der Waals surface area contributed by atoms with Crippen molar-refractivity contribution < 1.29 is 9.90 Å². The first-order valence-corrected chi connectivity index (χ1v) is 9.94. The summed E-state index contributed by atoms with van der Waals surface area (Å²) in [6, 6.07) is 8.11. The molecule has 8 heteroatoms. The summed E-state index contributed by atoms with van der Waals surface area (Å²) in [5, 5.41) is 20.4. The molecule has 1 aliphatic heterocycles. The maximum absolute atomic E-state index is 10.9. The van der Waals surface area contributed by atoms with E-state index in [4.69, 9.17) is 16.7 Å². The summed E-state index contributed by atoms with van der Waals surface area (Å²) in [6.45, 7) is 1.91. The SMILES string of the molecule is CN(CC(=O)O)C1CCCN(c2nnc(Cc3ccc(Cl)cc3)s2)CC1. The number of nitrogens with zero attached hydrogens (tertiary/aromatic N) is 4. The molecular formula is C18H23ClN4O2S. The number of aliphatic carboxylic acids is 1. The topological polar surface area (TPSA) is 69.6 Å². The van der Waals surface area contributed by atoms with Gasteiger partial charge in [0.15, 0.2) is 0 Å². The number of aromatic nitrogens is 2. The van der Waals surface area contributed by atoms with E-state index in [-0.39, 0.29) is 6.54 Å². The zero-order valence-electron chi connectivity index (χ0n) is 14.8.